The average Bonchev–Trinajstić information content (AvgIpc) is 3.16. The third kappa shape index (κ3) is 4.78. The lowest BCUT2D eigenvalue weighted by Crippen LogP contribution is -2.53. The molecule has 152 valence electrons. The van der Waals surface area contributed by atoms with Gasteiger partial charge in [0.1, 0.15) is 12.1 Å². The predicted octanol–water partition coefficient (Wildman–Crippen LogP) is 3.12. The summed E-state index contributed by atoms with van der Waals surface area (Å²) in [6.07, 6.45) is 4.43. The Morgan fingerprint density at radius 1 is 1.00 bits per heavy atom. The van der Waals surface area contributed by atoms with E-state index < -0.39 is 12.1 Å². The number of amides is 3. The lowest BCUT2D eigenvalue weighted by Gasteiger charge is -2.30. The third-order valence-electron chi connectivity index (χ3n) is 5.32. The molecule has 1 aromatic carbocycles. The molecule has 8 heteroatoms. The molecule has 2 saturated heterocycles. The normalized spacial score (nSPS) is 20.8. The van der Waals surface area contributed by atoms with Gasteiger partial charge in [-0.1, -0.05) is 23.2 Å². The van der Waals surface area contributed by atoms with Gasteiger partial charge in [-0.15, -0.1) is 0 Å². The Morgan fingerprint density at radius 2 is 1.64 bits per heavy atom. The molecular formula is C20H25Cl2N3O3. The Labute approximate surface area is 175 Å². The highest BCUT2D eigenvalue weighted by Gasteiger charge is 2.36. The van der Waals surface area contributed by atoms with Gasteiger partial charge in [-0.2, -0.15) is 0 Å². The Hall–Kier alpha value is -1.79. The monoisotopic (exact) mass is 425 g/mol. The zero-order valence-corrected chi connectivity index (χ0v) is 17.4. The van der Waals surface area contributed by atoms with Crippen molar-refractivity contribution in [2.75, 3.05) is 19.6 Å². The highest BCUT2D eigenvalue weighted by atomic mass is 35.5. The van der Waals surface area contributed by atoms with Crippen molar-refractivity contribution in [3.8, 4) is 0 Å². The number of nitrogens with zero attached hydrogens (tertiary/aromatic N) is 2. The molecule has 28 heavy (non-hydrogen) atoms. The molecule has 3 amide bonds. The number of rotatable bonds is 4. The lowest BCUT2D eigenvalue weighted by atomic mass is 10.1. The van der Waals surface area contributed by atoms with E-state index in [-0.39, 0.29) is 17.7 Å². The lowest BCUT2D eigenvalue weighted by molar-refractivity contribution is -0.137. The van der Waals surface area contributed by atoms with Crippen LogP contribution >= 0.6 is 23.2 Å². The summed E-state index contributed by atoms with van der Waals surface area (Å²) in [7, 11) is 0. The van der Waals surface area contributed by atoms with Crippen LogP contribution in [0, 0.1) is 0 Å². The van der Waals surface area contributed by atoms with E-state index in [1.54, 1.807) is 30.0 Å². The van der Waals surface area contributed by atoms with Crippen LogP contribution in [0.15, 0.2) is 18.2 Å². The Kier molecular flexibility index (Phi) is 6.83. The van der Waals surface area contributed by atoms with Crippen LogP contribution in [-0.2, 0) is 9.59 Å². The number of hydrogen-bond acceptors (Lipinski definition) is 3. The first-order valence-corrected chi connectivity index (χ1v) is 10.5. The second-order valence-corrected chi connectivity index (χ2v) is 8.30. The molecule has 1 N–H and O–H groups in total. The molecule has 3 rings (SSSR count). The number of hydrogen-bond donors (Lipinski definition) is 1. The molecule has 2 fully saturated rings. The van der Waals surface area contributed by atoms with Crippen molar-refractivity contribution in [2.24, 2.45) is 0 Å². The van der Waals surface area contributed by atoms with Gasteiger partial charge >= 0.3 is 0 Å². The van der Waals surface area contributed by atoms with Crippen LogP contribution in [0.5, 0.6) is 0 Å². The molecular weight excluding hydrogens is 401 g/mol. The minimum atomic E-state index is -0.608. The fourth-order valence-electron chi connectivity index (χ4n) is 3.88. The van der Waals surface area contributed by atoms with Crippen molar-refractivity contribution in [1.29, 1.82) is 0 Å². The van der Waals surface area contributed by atoms with Crippen LogP contribution in [0.25, 0.3) is 0 Å². The minimum absolute atomic E-state index is 0.0643. The summed E-state index contributed by atoms with van der Waals surface area (Å²) in [5.41, 5.74) is 0.356. The number of carbonyl (C=O) groups is 3. The van der Waals surface area contributed by atoms with Gasteiger partial charge in [-0.05, 0) is 57.2 Å². The average molecular weight is 426 g/mol. The number of piperidine rings is 1. The van der Waals surface area contributed by atoms with Crippen molar-refractivity contribution in [3.05, 3.63) is 33.8 Å². The van der Waals surface area contributed by atoms with Crippen LogP contribution in [0.1, 0.15) is 49.4 Å². The maximum atomic E-state index is 12.9. The van der Waals surface area contributed by atoms with Gasteiger partial charge in [-0.25, -0.2) is 0 Å². The summed E-state index contributed by atoms with van der Waals surface area (Å²) in [5, 5.41) is 3.55. The van der Waals surface area contributed by atoms with Gasteiger partial charge in [0.25, 0.3) is 5.91 Å². The predicted molar refractivity (Wildman–Crippen MR) is 109 cm³/mol. The van der Waals surface area contributed by atoms with E-state index in [4.69, 9.17) is 23.2 Å². The van der Waals surface area contributed by atoms with E-state index in [0.29, 0.717) is 28.6 Å². The van der Waals surface area contributed by atoms with E-state index in [1.807, 2.05) is 0 Å². The van der Waals surface area contributed by atoms with E-state index >= 15 is 0 Å². The SMILES string of the molecule is C[C@H](NC(=O)[C@H]1CCCN1C(=O)c1cc(Cl)cc(Cl)c1)C(=O)N1CCCCC1. The summed E-state index contributed by atoms with van der Waals surface area (Å²) in [5.74, 6) is -0.639. The minimum Gasteiger partial charge on any atom is -0.343 e. The van der Waals surface area contributed by atoms with Crippen LogP contribution in [0.3, 0.4) is 0 Å². The fraction of sp³-hybridized carbons (Fsp3) is 0.550. The van der Waals surface area contributed by atoms with Gasteiger partial charge in [-0.3, -0.25) is 14.4 Å². The number of halogens is 2. The molecule has 0 radical (unpaired) electrons. The van der Waals surface area contributed by atoms with Gasteiger partial charge in [0, 0.05) is 35.2 Å². The first kappa shape index (κ1) is 20.9. The topological polar surface area (TPSA) is 69.7 Å². The van der Waals surface area contributed by atoms with Crippen molar-refractivity contribution >= 4 is 40.9 Å². The maximum absolute atomic E-state index is 12.9. The van der Waals surface area contributed by atoms with Crippen LogP contribution in [0.2, 0.25) is 10.0 Å². The van der Waals surface area contributed by atoms with E-state index in [2.05, 4.69) is 5.32 Å². The number of nitrogens with one attached hydrogen (secondary N) is 1. The standard InChI is InChI=1S/C20H25Cl2N3O3/c1-13(19(27)24-7-3-2-4-8-24)23-18(26)17-6-5-9-25(17)20(28)14-10-15(21)12-16(22)11-14/h10-13,17H,2-9H2,1H3,(H,23,26)/t13-,17+/m0/s1. The van der Waals surface area contributed by atoms with Gasteiger partial charge < -0.3 is 15.1 Å². The molecule has 0 aromatic heterocycles. The van der Waals surface area contributed by atoms with E-state index in [9.17, 15) is 14.4 Å². The molecule has 0 bridgehead atoms. The molecule has 2 heterocycles. The van der Waals surface area contributed by atoms with Gasteiger partial charge in [0.2, 0.25) is 11.8 Å². The molecule has 0 unspecified atom stereocenters. The fourth-order valence-corrected chi connectivity index (χ4v) is 4.41. The highest BCUT2D eigenvalue weighted by molar-refractivity contribution is 6.35. The van der Waals surface area contributed by atoms with E-state index in [0.717, 1.165) is 38.8 Å². The zero-order chi connectivity index (χ0) is 20.3. The second-order valence-electron chi connectivity index (χ2n) is 7.43. The summed E-state index contributed by atoms with van der Waals surface area (Å²) in [6, 6.07) is 3.45. The Morgan fingerprint density at radius 3 is 2.29 bits per heavy atom. The number of likely N-dealkylation sites (tertiary alicyclic amines) is 2. The summed E-state index contributed by atoms with van der Waals surface area (Å²) < 4.78 is 0. The van der Waals surface area contributed by atoms with Gasteiger partial charge in [0.15, 0.2) is 0 Å². The van der Waals surface area contributed by atoms with Crippen LogP contribution < -0.4 is 5.32 Å². The molecule has 6 nitrogen and oxygen atoms in total. The second kappa shape index (κ2) is 9.14. The summed E-state index contributed by atoms with van der Waals surface area (Å²) in [6.45, 7) is 3.66. The summed E-state index contributed by atoms with van der Waals surface area (Å²) >= 11 is 12.0. The largest absolute Gasteiger partial charge is 0.343 e. The number of carbonyl (C=O) groups excluding carboxylic acids is 3. The first-order valence-electron chi connectivity index (χ1n) is 9.73. The summed E-state index contributed by atoms with van der Waals surface area (Å²) in [4.78, 5) is 41.6. The molecule has 1 aromatic rings. The molecule has 2 aliphatic rings. The maximum Gasteiger partial charge on any atom is 0.254 e. The zero-order valence-electron chi connectivity index (χ0n) is 15.9. The smallest absolute Gasteiger partial charge is 0.254 e. The molecule has 0 aliphatic carbocycles. The molecule has 2 atom stereocenters. The van der Waals surface area contributed by atoms with Gasteiger partial charge in [0.05, 0.1) is 0 Å². The van der Waals surface area contributed by atoms with Crippen molar-refractivity contribution in [3.63, 3.8) is 0 Å². The molecule has 0 spiro atoms. The Bertz CT molecular complexity index is 745. The quantitative estimate of drug-likeness (QED) is 0.805. The first-order chi connectivity index (χ1) is 13.4. The third-order valence-corrected chi connectivity index (χ3v) is 5.76. The molecule has 2 aliphatic heterocycles. The van der Waals surface area contributed by atoms with Crippen LogP contribution in [-0.4, -0.2) is 59.2 Å². The van der Waals surface area contributed by atoms with E-state index in [1.165, 1.54) is 4.90 Å². The van der Waals surface area contributed by atoms with Crippen molar-refractivity contribution in [1.82, 2.24) is 15.1 Å². The van der Waals surface area contributed by atoms with Crippen molar-refractivity contribution in [2.45, 2.75) is 51.1 Å². The van der Waals surface area contributed by atoms with Crippen molar-refractivity contribution < 1.29 is 14.4 Å². The Balaban J connectivity index is 1.65. The highest BCUT2D eigenvalue weighted by Crippen LogP contribution is 2.24. The van der Waals surface area contributed by atoms with Crippen LogP contribution in [0.4, 0.5) is 0 Å². The number of benzene rings is 1. The molecule has 0 saturated carbocycles.